The largest absolute Gasteiger partial charge is 0.348 e. The maximum absolute atomic E-state index is 12.3. The number of benzene rings is 1. The van der Waals surface area contributed by atoms with Crippen LogP contribution in [0.2, 0.25) is 10.0 Å². The van der Waals surface area contributed by atoms with Gasteiger partial charge in [0.2, 0.25) is 0 Å². The second kappa shape index (κ2) is 7.31. The van der Waals surface area contributed by atoms with Crippen molar-refractivity contribution in [3.63, 3.8) is 0 Å². The van der Waals surface area contributed by atoms with Gasteiger partial charge in [-0.15, -0.1) is 0 Å². The van der Waals surface area contributed by atoms with Crippen molar-refractivity contribution in [2.24, 2.45) is 0 Å². The Bertz CT molecular complexity index is 576. The van der Waals surface area contributed by atoms with Gasteiger partial charge < -0.3 is 15.5 Å². The molecule has 0 aliphatic heterocycles. The second-order valence-electron chi connectivity index (χ2n) is 5.70. The first-order chi connectivity index (χ1) is 10.4. The van der Waals surface area contributed by atoms with Gasteiger partial charge in [-0.05, 0) is 38.0 Å². The van der Waals surface area contributed by atoms with Gasteiger partial charge in [-0.3, -0.25) is 9.59 Å². The van der Waals surface area contributed by atoms with Crippen molar-refractivity contribution in [3.8, 4) is 0 Å². The van der Waals surface area contributed by atoms with Crippen LogP contribution in [0.1, 0.15) is 19.8 Å². The van der Waals surface area contributed by atoms with E-state index in [0.29, 0.717) is 21.8 Å². The van der Waals surface area contributed by atoms with Gasteiger partial charge in [0.25, 0.3) is 11.8 Å². The highest BCUT2D eigenvalue weighted by Crippen LogP contribution is 2.25. The molecule has 0 bridgehead atoms. The Morgan fingerprint density at radius 1 is 1.36 bits per heavy atom. The standard InChI is InChI=1S/C15H19Cl2N3O2/c1-9(20(2)8-14(21)18-11-4-5-11)15(22)19-13-6-3-10(16)7-12(13)17/h3,6-7,9,11H,4-5,8H2,1-2H3,(H,18,21)(H,19,22)/p+1/t9-/m1/s1. The Balaban J connectivity index is 1.88. The molecule has 22 heavy (non-hydrogen) atoms. The predicted octanol–water partition coefficient (Wildman–Crippen LogP) is 1.11. The van der Waals surface area contributed by atoms with E-state index in [1.54, 1.807) is 25.1 Å². The van der Waals surface area contributed by atoms with E-state index in [1.807, 2.05) is 7.05 Å². The molecule has 1 aliphatic carbocycles. The molecule has 1 aliphatic rings. The number of halogens is 2. The third-order valence-electron chi connectivity index (χ3n) is 3.70. The van der Waals surface area contributed by atoms with Gasteiger partial charge in [-0.1, -0.05) is 23.2 Å². The topological polar surface area (TPSA) is 62.6 Å². The van der Waals surface area contributed by atoms with Crippen molar-refractivity contribution in [3.05, 3.63) is 28.2 Å². The lowest BCUT2D eigenvalue weighted by Gasteiger charge is -2.21. The molecule has 2 rings (SSSR count). The Hall–Kier alpha value is -1.30. The van der Waals surface area contributed by atoms with Gasteiger partial charge in [0.05, 0.1) is 17.8 Å². The van der Waals surface area contributed by atoms with E-state index in [-0.39, 0.29) is 24.4 Å². The van der Waals surface area contributed by atoms with Crippen molar-refractivity contribution in [1.29, 1.82) is 0 Å². The quantitative estimate of drug-likeness (QED) is 0.723. The van der Waals surface area contributed by atoms with Crippen LogP contribution >= 0.6 is 23.2 Å². The summed E-state index contributed by atoms with van der Waals surface area (Å²) in [6.07, 6.45) is 2.10. The average molecular weight is 345 g/mol. The Morgan fingerprint density at radius 2 is 2.05 bits per heavy atom. The number of anilines is 1. The molecule has 1 unspecified atom stereocenters. The minimum atomic E-state index is -0.378. The molecule has 7 heteroatoms. The van der Waals surface area contributed by atoms with Gasteiger partial charge in [-0.25, -0.2) is 0 Å². The van der Waals surface area contributed by atoms with Crippen molar-refractivity contribution in [2.45, 2.75) is 31.8 Å². The zero-order chi connectivity index (χ0) is 16.3. The first-order valence-electron chi connectivity index (χ1n) is 7.24. The van der Waals surface area contributed by atoms with Crippen LogP contribution in [-0.4, -0.2) is 37.5 Å². The molecule has 120 valence electrons. The van der Waals surface area contributed by atoms with E-state index < -0.39 is 0 Å². The third kappa shape index (κ3) is 4.87. The van der Waals surface area contributed by atoms with Gasteiger partial charge in [0, 0.05) is 11.1 Å². The summed E-state index contributed by atoms with van der Waals surface area (Å²) in [7, 11) is 1.82. The zero-order valence-corrected chi connectivity index (χ0v) is 14.1. The summed E-state index contributed by atoms with van der Waals surface area (Å²) in [5.74, 6) is -0.217. The average Bonchev–Trinajstić information content (AvgIpc) is 3.24. The molecule has 0 saturated heterocycles. The maximum Gasteiger partial charge on any atom is 0.282 e. The fraction of sp³-hybridized carbons (Fsp3) is 0.467. The number of carbonyl (C=O) groups excluding carboxylic acids is 2. The number of nitrogens with one attached hydrogen (secondary N) is 3. The summed E-state index contributed by atoms with van der Waals surface area (Å²) in [6, 6.07) is 4.84. The molecule has 2 atom stereocenters. The molecule has 1 aromatic rings. The molecule has 0 aromatic heterocycles. The number of carbonyl (C=O) groups is 2. The van der Waals surface area contributed by atoms with E-state index in [1.165, 1.54) is 0 Å². The van der Waals surface area contributed by atoms with Crippen molar-refractivity contribution < 1.29 is 14.5 Å². The molecule has 1 fully saturated rings. The van der Waals surface area contributed by atoms with Crippen LogP contribution < -0.4 is 15.5 Å². The lowest BCUT2D eigenvalue weighted by Crippen LogP contribution is -3.15. The Kier molecular flexibility index (Phi) is 5.67. The van der Waals surface area contributed by atoms with E-state index in [2.05, 4.69) is 10.6 Å². The SMILES string of the molecule is C[C@H](C(=O)Nc1ccc(Cl)cc1Cl)[NH+](C)CC(=O)NC1CC1. The fourth-order valence-corrected chi connectivity index (χ4v) is 2.42. The third-order valence-corrected chi connectivity index (χ3v) is 4.25. The van der Waals surface area contributed by atoms with E-state index in [4.69, 9.17) is 23.2 Å². The van der Waals surface area contributed by atoms with Crippen molar-refractivity contribution in [2.75, 3.05) is 18.9 Å². The number of rotatable bonds is 6. The lowest BCUT2D eigenvalue weighted by molar-refractivity contribution is -0.885. The summed E-state index contributed by atoms with van der Waals surface area (Å²) < 4.78 is 0. The first kappa shape index (κ1) is 17.1. The van der Waals surface area contributed by atoms with Crippen LogP contribution in [0.4, 0.5) is 5.69 Å². The maximum atomic E-state index is 12.3. The van der Waals surface area contributed by atoms with E-state index >= 15 is 0 Å². The molecule has 2 amide bonds. The van der Waals surface area contributed by atoms with Crippen LogP contribution in [0.3, 0.4) is 0 Å². The summed E-state index contributed by atoms with van der Waals surface area (Å²) in [6.45, 7) is 2.04. The van der Waals surface area contributed by atoms with Crippen LogP contribution in [0.5, 0.6) is 0 Å². The molecule has 1 saturated carbocycles. The van der Waals surface area contributed by atoms with Crippen LogP contribution in [-0.2, 0) is 9.59 Å². The molecule has 1 aromatic carbocycles. The molecule has 0 heterocycles. The molecule has 0 radical (unpaired) electrons. The highest BCUT2D eigenvalue weighted by molar-refractivity contribution is 6.36. The molecule has 5 nitrogen and oxygen atoms in total. The van der Waals surface area contributed by atoms with Crippen LogP contribution in [0.15, 0.2) is 18.2 Å². The Morgan fingerprint density at radius 3 is 2.64 bits per heavy atom. The van der Waals surface area contributed by atoms with Crippen LogP contribution in [0, 0.1) is 0 Å². The van der Waals surface area contributed by atoms with E-state index in [9.17, 15) is 9.59 Å². The lowest BCUT2D eigenvalue weighted by atomic mass is 10.2. The predicted molar refractivity (Wildman–Crippen MR) is 87.5 cm³/mol. The second-order valence-corrected chi connectivity index (χ2v) is 6.54. The molecular formula is C15H20Cl2N3O2+. The fourth-order valence-electron chi connectivity index (χ4n) is 1.97. The number of hydrogen-bond acceptors (Lipinski definition) is 2. The smallest absolute Gasteiger partial charge is 0.282 e. The summed E-state index contributed by atoms with van der Waals surface area (Å²) >= 11 is 11.9. The highest BCUT2D eigenvalue weighted by Gasteiger charge is 2.28. The molecule has 0 spiro atoms. The van der Waals surface area contributed by atoms with Gasteiger partial charge in [-0.2, -0.15) is 0 Å². The molecule has 3 N–H and O–H groups in total. The van der Waals surface area contributed by atoms with Crippen LogP contribution in [0.25, 0.3) is 0 Å². The summed E-state index contributed by atoms with van der Waals surface area (Å²) in [4.78, 5) is 24.9. The number of amides is 2. The monoisotopic (exact) mass is 344 g/mol. The minimum Gasteiger partial charge on any atom is -0.348 e. The normalized spacial score (nSPS) is 16.7. The van der Waals surface area contributed by atoms with Gasteiger partial charge in [0.1, 0.15) is 0 Å². The number of likely N-dealkylation sites (N-methyl/N-ethyl adjacent to an activating group) is 1. The summed E-state index contributed by atoms with van der Waals surface area (Å²) in [5, 5.41) is 6.57. The van der Waals surface area contributed by atoms with Crippen molar-refractivity contribution >= 4 is 40.7 Å². The highest BCUT2D eigenvalue weighted by atomic mass is 35.5. The first-order valence-corrected chi connectivity index (χ1v) is 8.00. The Labute approximate surface area is 139 Å². The van der Waals surface area contributed by atoms with Crippen molar-refractivity contribution in [1.82, 2.24) is 5.32 Å². The van der Waals surface area contributed by atoms with Gasteiger partial charge >= 0.3 is 0 Å². The minimum absolute atomic E-state index is 0.0239. The number of quaternary nitrogens is 1. The summed E-state index contributed by atoms with van der Waals surface area (Å²) in [5.41, 5.74) is 0.512. The molecular weight excluding hydrogens is 325 g/mol. The van der Waals surface area contributed by atoms with E-state index in [0.717, 1.165) is 17.7 Å². The van der Waals surface area contributed by atoms with Gasteiger partial charge in [0.15, 0.2) is 12.6 Å². The number of hydrogen-bond donors (Lipinski definition) is 3. The zero-order valence-electron chi connectivity index (χ0n) is 12.6.